The maximum atomic E-state index is 4.84. The molecule has 5 heteroatoms. The molecule has 0 aromatic rings. The molecule has 2 aliphatic rings. The fraction of sp³-hybridized carbons (Fsp3) is 0.952. The Morgan fingerprint density at radius 1 is 1.08 bits per heavy atom. The average Bonchev–Trinajstić information content (AvgIpc) is 2.66. The van der Waals surface area contributed by atoms with Crippen molar-refractivity contribution in [2.24, 2.45) is 16.8 Å². The molecule has 2 fully saturated rings. The lowest BCUT2D eigenvalue weighted by atomic mass is 9.86. The zero-order valence-electron chi connectivity index (χ0n) is 17.6. The maximum Gasteiger partial charge on any atom is 0.191 e. The van der Waals surface area contributed by atoms with Gasteiger partial charge in [-0.15, -0.1) is 0 Å². The molecule has 0 bridgehead atoms. The second-order valence-corrected chi connectivity index (χ2v) is 8.50. The van der Waals surface area contributed by atoms with E-state index in [1.54, 1.807) is 0 Å². The number of nitrogens with zero attached hydrogens (tertiary/aromatic N) is 3. The van der Waals surface area contributed by atoms with E-state index in [-0.39, 0.29) is 0 Å². The number of hydrogen-bond acceptors (Lipinski definition) is 3. The van der Waals surface area contributed by atoms with Crippen LogP contribution in [0, 0.1) is 11.8 Å². The van der Waals surface area contributed by atoms with Crippen molar-refractivity contribution in [3.8, 4) is 0 Å². The van der Waals surface area contributed by atoms with Gasteiger partial charge >= 0.3 is 0 Å². The molecule has 0 aromatic heterocycles. The lowest BCUT2D eigenvalue weighted by molar-refractivity contribution is 0.140. The van der Waals surface area contributed by atoms with E-state index in [1.807, 2.05) is 0 Å². The van der Waals surface area contributed by atoms with Crippen LogP contribution >= 0.6 is 0 Å². The van der Waals surface area contributed by atoms with Crippen molar-refractivity contribution in [3.05, 3.63) is 0 Å². The highest BCUT2D eigenvalue weighted by Gasteiger charge is 2.16. The number of hydrogen-bond donors (Lipinski definition) is 2. The summed E-state index contributed by atoms with van der Waals surface area (Å²) < 4.78 is 0. The van der Waals surface area contributed by atoms with Gasteiger partial charge in [0.1, 0.15) is 0 Å². The van der Waals surface area contributed by atoms with Crippen LogP contribution in [0.2, 0.25) is 0 Å². The van der Waals surface area contributed by atoms with E-state index in [4.69, 9.17) is 4.99 Å². The van der Waals surface area contributed by atoms with Crippen molar-refractivity contribution in [2.75, 3.05) is 59.4 Å². The molecule has 26 heavy (non-hydrogen) atoms. The molecule has 5 nitrogen and oxygen atoms in total. The molecule has 1 atom stereocenters. The van der Waals surface area contributed by atoms with Crippen molar-refractivity contribution in [1.29, 1.82) is 0 Å². The van der Waals surface area contributed by atoms with E-state index < -0.39 is 0 Å². The fourth-order valence-electron chi connectivity index (χ4n) is 4.19. The molecule has 2 rings (SSSR count). The highest BCUT2D eigenvalue weighted by Crippen LogP contribution is 2.26. The predicted octanol–water partition coefficient (Wildman–Crippen LogP) is 2.79. The van der Waals surface area contributed by atoms with Gasteiger partial charge in [-0.2, -0.15) is 0 Å². The first-order chi connectivity index (χ1) is 12.7. The SMILES string of the molecule is CCNC(=NCC(C)CN1CCN(C)CC1)NCCCC1CCCCC1. The minimum absolute atomic E-state index is 0.608. The number of nitrogens with one attached hydrogen (secondary N) is 2. The van der Waals surface area contributed by atoms with Crippen LogP contribution in [-0.2, 0) is 0 Å². The van der Waals surface area contributed by atoms with Crippen molar-refractivity contribution in [1.82, 2.24) is 20.4 Å². The van der Waals surface area contributed by atoms with Gasteiger partial charge in [0.2, 0.25) is 0 Å². The molecular weight excluding hydrogens is 322 g/mol. The van der Waals surface area contributed by atoms with Gasteiger partial charge in [-0.25, -0.2) is 0 Å². The van der Waals surface area contributed by atoms with Gasteiger partial charge in [0.15, 0.2) is 5.96 Å². The first-order valence-corrected chi connectivity index (χ1v) is 11.1. The topological polar surface area (TPSA) is 42.9 Å². The molecule has 152 valence electrons. The van der Waals surface area contributed by atoms with E-state index >= 15 is 0 Å². The fourth-order valence-corrected chi connectivity index (χ4v) is 4.19. The van der Waals surface area contributed by atoms with Crippen LogP contribution in [0.1, 0.15) is 58.8 Å². The largest absolute Gasteiger partial charge is 0.357 e. The lowest BCUT2D eigenvalue weighted by Crippen LogP contribution is -2.46. The van der Waals surface area contributed by atoms with Crippen molar-refractivity contribution >= 4 is 5.96 Å². The quantitative estimate of drug-likeness (QED) is 0.375. The summed E-state index contributed by atoms with van der Waals surface area (Å²) >= 11 is 0. The molecule has 0 aromatic carbocycles. The predicted molar refractivity (Wildman–Crippen MR) is 113 cm³/mol. The first kappa shape index (κ1) is 21.5. The molecule has 1 unspecified atom stereocenters. The lowest BCUT2D eigenvalue weighted by Gasteiger charge is -2.33. The van der Waals surface area contributed by atoms with Crippen LogP contribution in [-0.4, -0.2) is 75.2 Å². The number of guanidine groups is 1. The highest BCUT2D eigenvalue weighted by atomic mass is 15.2. The number of likely N-dealkylation sites (N-methyl/N-ethyl adjacent to an activating group) is 1. The smallest absolute Gasteiger partial charge is 0.191 e. The molecule has 1 aliphatic carbocycles. The van der Waals surface area contributed by atoms with E-state index in [2.05, 4.69) is 41.3 Å². The van der Waals surface area contributed by atoms with Crippen LogP contribution in [0.5, 0.6) is 0 Å². The van der Waals surface area contributed by atoms with Crippen molar-refractivity contribution in [3.63, 3.8) is 0 Å². The molecule has 1 saturated heterocycles. The molecular formula is C21H43N5. The molecule has 1 heterocycles. The molecule has 2 N–H and O–H groups in total. The third-order valence-electron chi connectivity index (χ3n) is 5.88. The Morgan fingerprint density at radius 2 is 1.81 bits per heavy atom. The van der Waals surface area contributed by atoms with Gasteiger partial charge in [-0.1, -0.05) is 39.0 Å². The van der Waals surface area contributed by atoms with Crippen LogP contribution in [0.25, 0.3) is 0 Å². The summed E-state index contributed by atoms with van der Waals surface area (Å²) in [5.41, 5.74) is 0. The van der Waals surface area contributed by atoms with Crippen LogP contribution in [0.4, 0.5) is 0 Å². The van der Waals surface area contributed by atoms with Crippen molar-refractivity contribution < 1.29 is 0 Å². The minimum Gasteiger partial charge on any atom is -0.357 e. The molecule has 1 saturated carbocycles. The van der Waals surface area contributed by atoms with Crippen molar-refractivity contribution in [2.45, 2.75) is 58.8 Å². The standard InChI is InChI=1S/C21H43N5/c1-4-22-21(23-12-8-11-20-9-6-5-7-10-20)24-17-19(2)18-26-15-13-25(3)14-16-26/h19-20H,4-18H2,1-3H3,(H2,22,23,24). The Labute approximate surface area is 162 Å². The van der Waals surface area contributed by atoms with Crippen LogP contribution < -0.4 is 10.6 Å². The van der Waals surface area contributed by atoms with Crippen LogP contribution in [0.3, 0.4) is 0 Å². The van der Waals surface area contributed by atoms with Gasteiger partial charge in [0.25, 0.3) is 0 Å². The summed E-state index contributed by atoms with van der Waals surface area (Å²) in [6.07, 6.45) is 9.92. The Balaban J connectivity index is 1.62. The first-order valence-electron chi connectivity index (χ1n) is 11.1. The zero-order chi connectivity index (χ0) is 18.6. The molecule has 0 radical (unpaired) electrons. The van der Waals surface area contributed by atoms with Gasteiger partial charge in [-0.3, -0.25) is 4.99 Å². The molecule has 0 amide bonds. The van der Waals surface area contributed by atoms with Gasteiger partial charge in [0.05, 0.1) is 0 Å². The van der Waals surface area contributed by atoms with Crippen LogP contribution in [0.15, 0.2) is 4.99 Å². The highest BCUT2D eigenvalue weighted by molar-refractivity contribution is 5.79. The summed E-state index contributed by atoms with van der Waals surface area (Å²) in [6, 6.07) is 0. The Morgan fingerprint density at radius 3 is 2.50 bits per heavy atom. The van der Waals surface area contributed by atoms with E-state index in [0.29, 0.717) is 5.92 Å². The van der Waals surface area contributed by atoms with Gasteiger partial charge < -0.3 is 20.4 Å². The van der Waals surface area contributed by atoms with E-state index in [9.17, 15) is 0 Å². The summed E-state index contributed by atoms with van der Waals surface area (Å²) in [4.78, 5) is 9.84. The summed E-state index contributed by atoms with van der Waals surface area (Å²) in [5, 5.41) is 6.95. The monoisotopic (exact) mass is 365 g/mol. The maximum absolute atomic E-state index is 4.84. The van der Waals surface area contributed by atoms with E-state index in [1.165, 1.54) is 77.7 Å². The summed E-state index contributed by atoms with van der Waals surface area (Å²) in [5.74, 6) is 2.59. The number of aliphatic imine (C=N–C) groups is 1. The molecule has 1 aliphatic heterocycles. The second kappa shape index (κ2) is 12.6. The van der Waals surface area contributed by atoms with Gasteiger partial charge in [0, 0.05) is 52.4 Å². The zero-order valence-corrected chi connectivity index (χ0v) is 17.6. The van der Waals surface area contributed by atoms with E-state index in [0.717, 1.165) is 31.5 Å². The third kappa shape index (κ3) is 8.72. The number of piperazine rings is 1. The summed E-state index contributed by atoms with van der Waals surface area (Å²) in [7, 11) is 2.22. The summed E-state index contributed by atoms with van der Waals surface area (Å²) in [6.45, 7) is 13.3. The average molecular weight is 366 g/mol. The molecule has 0 spiro atoms. The van der Waals surface area contributed by atoms with Gasteiger partial charge in [-0.05, 0) is 38.6 Å². The Hall–Kier alpha value is -0.810. The Bertz CT molecular complexity index is 384. The minimum atomic E-state index is 0.608. The third-order valence-corrected chi connectivity index (χ3v) is 5.88. The number of rotatable bonds is 9. The Kier molecular flexibility index (Phi) is 10.4. The second-order valence-electron chi connectivity index (χ2n) is 8.50. The normalized spacial score (nSPS) is 22.3.